The van der Waals surface area contributed by atoms with Gasteiger partial charge in [0.05, 0.1) is 6.61 Å². The molecule has 0 aromatic rings. The molecule has 5 nitrogen and oxygen atoms in total. The van der Waals surface area contributed by atoms with E-state index in [9.17, 15) is 9.59 Å². The van der Waals surface area contributed by atoms with Gasteiger partial charge in [-0.3, -0.25) is 9.59 Å². The van der Waals surface area contributed by atoms with E-state index in [1.54, 1.807) is 0 Å². The van der Waals surface area contributed by atoms with Gasteiger partial charge in [0.15, 0.2) is 0 Å². The highest BCUT2D eigenvalue weighted by Crippen LogP contribution is 2.19. The molecule has 0 aliphatic carbocycles. The Morgan fingerprint density at radius 1 is 0.377 bits per heavy atom. The fourth-order valence-corrected chi connectivity index (χ4v) is 7.50. The largest absolute Gasteiger partial charge is 0.466 e. The summed E-state index contributed by atoms with van der Waals surface area (Å²) in [5.74, 6) is 0.0457. The molecule has 0 atom stereocenters. The molecule has 0 aromatic carbocycles. The van der Waals surface area contributed by atoms with E-state index < -0.39 is 0 Å². The van der Waals surface area contributed by atoms with Crippen LogP contribution in [0.15, 0.2) is 0 Å². The van der Waals surface area contributed by atoms with E-state index in [4.69, 9.17) is 9.47 Å². The highest BCUT2D eigenvalue weighted by atomic mass is 16.5. The summed E-state index contributed by atoms with van der Waals surface area (Å²) in [4.78, 5) is 27.6. The molecular formula is C48H95NO4. The van der Waals surface area contributed by atoms with Crippen LogP contribution in [0.1, 0.15) is 265 Å². The molecule has 0 fully saturated rings. The van der Waals surface area contributed by atoms with Crippen LogP contribution in [0.5, 0.6) is 0 Å². The van der Waals surface area contributed by atoms with Gasteiger partial charge in [0, 0.05) is 12.8 Å². The highest BCUT2D eigenvalue weighted by molar-refractivity contribution is 5.69. The zero-order valence-corrected chi connectivity index (χ0v) is 36.6. The predicted molar refractivity (Wildman–Crippen MR) is 231 cm³/mol. The average molecular weight is 750 g/mol. The molecule has 0 unspecified atom stereocenters. The number of ether oxygens (including phenoxy) is 2. The van der Waals surface area contributed by atoms with Crippen molar-refractivity contribution in [3.63, 3.8) is 0 Å². The number of unbranched alkanes of at least 4 members (excludes halogenated alkanes) is 27. The van der Waals surface area contributed by atoms with Crippen molar-refractivity contribution in [2.24, 2.45) is 0 Å². The summed E-state index contributed by atoms with van der Waals surface area (Å²) < 4.78 is 11.5. The molecule has 0 saturated heterocycles. The molecule has 0 aliphatic rings. The summed E-state index contributed by atoms with van der Waals surface area (Å²) in [6.07, 6.45) is 44.7. The molecule has 0 saturated carbocycles. The Kier molecular flexibility index (Phi) is 42.7. The molecule has 0 rings (SSSR count). The molecule has 0 amide bonds. The second-order valence-electron chi connectivity index (χ2n) is 16.5. The quantitative estimate of drug-likeness (QED) is 0.0458. The normalized spacial score (nSPS) is 11.6. The number of esters is 2. The van der Waals surface area contributed by atoms with E-state index in [1.165, 1.54) is 199 Å². The molecule has 0 spiro atoms. The first-order valence-electron chi connectivity index (χ1n) is 24.1. The molecule has 53 heavy (non-hydrogen) atoms. The predicted octanol–water partition coefficient (Wildman–Crippen LogP) is 15.3. The van der Waals surface area contributed by atoms with Crippen LogP contribution in [-0.2, 0) is 19.1 Å². The van der Waals surface area contributed by atoms with Crippen LogP contribution in [0.4, 0.5) is 0 Å². The van der Waals surface area contributed by atoms with Crippen molar-refractivity contribution in [3.05, 3.63) is 0 Å². The van der Waals surface area contributed by atoms with Crippen LogP contribution in [0.3, 0.4) is 0 Å². The Bertz CT molecular complexity index is 727. The van der Waals surface area contributed by atoms with Crippen LogP contribution in [-0.4, -0.2) is 49.2 Å². The van der Waals surface area contributed by atoms with Crippen molar-refractivity contribution in [2.45, 2.75) is 271 Å². The smallest absolute Gasteiger partial charge is 0.306 e. The van der Waals surface area contributed by atoms with Crippen molar-refractivity contribution < 1.29 is 19.1 Å². The maximum absolute atomic E-state index is 12.8. The van der Waals surface area contributed by atoms with Crippen LogP contribution < -0.4 is 0 Å². The van der Waals surface area contributed by atoms with Gasteiger partial charge < -0.3 is 14.4 Å². The lowest BCUT2D eigenvalue weighted by Gasteiger charge is -2.22. The molecule has 0 aliphatic heterocycles. The monoisotopic (exact) mass is 750 g/mol. The van der Waals surface area contributed by atoms with Crippen LogP contribution >= 0.6 is 0 Å². The maximum Gasteiger partial charge on any atom is 0.306 e. The van der Waals surface area contributed by atoms with E-state index in [-0.39, 0.29) is 18.0 Å². The zero-order valence-electron chi connectivity index (χ0n) is 36.6. The third-order valence-electron chi connectivity index (χ3n) is 11.1. The Balaban J connectivity index is 4.16. The van der Waals surface area contributed by atoms with Gasteiger partial charge in [-0.05, 0) is 83.8 Å². The summed E-state index contributed by atoms with van der Waals surface area (Å²) in [5, 5.41) is 0. The first-order chi connectivity index (χ1) is 26.1. The van der Waals surface area contributed by atoms with E-state index in [0.717, 1.165) is 44.9 Å². The van der Waals surface area contributed by atoms with Crippen LogP contribution in [0.2, 0.25) is 0 Å². The standard InChI is InChI=1S/C48H95NO4/c1-5-9-13-17-20-29-37-45-52-47(50)40-32-25-21-27-35-43-49(42-34-16-12-8-4)44-36-28-22-26-33-41-48(51)53-46(38-30-23-18-14-10-6-2)39-31-24-19-15-11-7-3/h46H,5-45H2,1-4H3. The number of carbonyl (C=O) groups excluding carboxylic acids is 2. The summed E-state index contributed by atoms with van der Waals surface area (Å²) in [5.41, 5.74) is 0. The summed E-state index contributed by atoms with van der Waals surface area (Å²) >= 11 is 0. The van der Waals surface area contributed by atoms with Gasteiger partial charge in [0.25, 0.3) is 0 Å². The zero-order chi connectivity index (χ0) is 38.7. The molecule has 316 valence electrons. The Labute approximate surface area is 332 Å². The lowest BCUT2D eigenvalue weighted by atomic mass is 10.0. The Hall–Kier alpha value is -1.10. The second kappa shape index (κ2) is 43.6. The lowest BCUT2D eigenvalue weighted by Crippen LogP contribution is -2.27. The summed E-state index contributed by atoms with van der Waals surface area (Å²) in [6.45, 7) is 13.3. The molecule has 0 N–H and O–H groups in total. The number of hydrogen-bond donors (Lipinski definition) is 0. The second-order valence-corrected chi connectivity index (χ2v) is 16.5. The van der Waals surface area contributed by atoms with Gasteiger partial charge in [0.1, 0.15) is 6.10 Å². The minimum absolute atomic E-state index is 0.000384. The number of nitrogens with zero attached hydrogens (tertiary/aromatic N) is 1. The summed E-state index contributed by atoms with van der Waals surface area (Å²) in [7, 11) is 0. The van der Waals surface area contributed by atoms with Gasteiger partial charge in [-0.25, -0.2) is 0 Å². The van der Waals surface area contributed by atoms with Crippen molar-refractivity contribution in [1.29, 1.82) is 0 Å². The molecule has 5 heteroatoms. The molecular weight excluding hydrogens is 655 g/mol. The first kappa shape index (κ1) is 51.9. The van der Waals surface area contributed by atoms with E-state index in [2.05, 4.69) is 32.6 Å². The fourth-order valence-electron chi connectivity index (χ4n) is 7.50. The molecule has 0 aromatic heterocycles. The molecule has 0 bridgehead atoms. The molecule has 0 radical (unpaired) electrons. The van der Waals surface area contributed by atoms with Crippen molar-refractivity contribution >= 4 is 11.9 Å². The van der Waals surface area contributed by atoms with Crippen molar-refractivity contribution in [2.75, 3.05) is 26.2 Å². The highest BCUT2D eigenvalue weighted by Gasteiger charge is 2.14. The number of hydrogen-bond acceptors (Lipinski definition) is 5. The Morgan fingerprint density at radius 3 is 1.13 bits per heavy atom. The van der Waals surface area contributed by atoms with Crippen molar-refractivity contribution in [3.8, 4) is 0 Å². The Morgan fingerprint density at radius 2 is 0.698 bits per heavy atom. The first-order valence-corrected chi connectivity index (χ1v) is 24.1. The van der Waals surface area contributed by atoms with Gasteiger partial charge in [-0.2, -0.15) is 0 Å². The van der Waals surface area contributed by atoms with Gasteiger partial charge >= 0.3 is 11.9 Å². The van der Waals surface area contributed by atoms with Crippen LogP contribution in [0.25, 0.3) is 0 Å². The third kappa shape index (κ3) is 40.4. The van der Waals surface area contributed by atoms with E-state index in [1.807, 2.05) is 0 Å². The van der Waals surface area contributed by atoms with Gasteiger partial charge in [-0.15, -0.1) is 0 Å². The maximum atomic E-state index is 12.8. The number of rotatable bonds is 44. The average Bonchev–Trinajstić information content (AvgIpc) is 3.15. The summed E-state index contributed by atoms with van der Waals surface area (Å²) in [6, 6.07) is 0. The minimum atomic E-state index is 0.000384. The number of carbonyl (C=O) groups is 2. The van der Waals surface area contributed by atoms with Gasteiger partial charge in [-0.1, -0.05) is 188 Å². The van der Waals surface area contributed by atoms with E-state index in [0.29, 0.717) is 19.4 Å². The molecule has 0 heterocycles. The van der Waals surface area contributed by atoms with Crippen LogP contribution in [0, 0.1) is 0 Å². The SMILES string of the molecule is CCCCCCCCCOC(=O)CCCCCCCN(CCCCCC)CCCCCCCC(=O)OC(CCCCCCCC)CCCCCCCC. The minimum Gasteiger partial charge on any atom is -0.466 e. The lowest BCUT2D eigenvalue weighted by molar-refractivity contribution is -0.150. The van der Waals surface area contributed by atoms with Crippen molar-refractivity contribution in [1.82, 2.24) is 4.90 Å². The van der Waals surface area contributed by atoms with Gasteiger partial charge in [0.2, 0.25) is 0 Å². The van der Waals surface area contributed by atoms with E-state index >= 15 is 0 Å². The topological polar surface area (TPSA) is 55.8 Å². The third-order valence-corrected chi connectivity index (χ3v) is 11.1. The fraction of sp³-hybridized carbons (Fsp3) is 0.958.